The van der Waals surface area contributed by atoms with Gasteiger partial charge in [0.25, 0.3) is 0 Å². The maximum absolute atomic E-state index is 11.2. The first-order valence-corrected chi connectivity index (χ1v) is 5.80. The second kappa shape index (κ2) is 6.08. The summed E-state index contributed by atoms with van der Waals surface area (Å²) < 4.78 is 5.34. The molecule has 1 saturated carbocycles. The van der Waals surface area contributed by atoms with Gasteiger partial charge >= 0.3 is 0 Å². The van der Waals surface area contributed by atoms with Crippen LogP contribution in [0.1, 0.15) is 39.0 Å². The van der Waals surface area contributed by atoms with E-state index >= 15 is 0 Å². The van der Waals surface area contributed by atoms with Crippen LogP contribution in [-0.2, 0) is 9.53 Å². The summed E-state index contributed by atoms with van der Waals surface area (Å²) in [5.41, 5.74) is 5.91. The fourth-order valence-electron chi connectivity index (χ4n) is 1.89. The van der Waals surface area contributed by atoms with Gasteiger partial charge in [-0.1, -0.05) is 19.8 Å². The number of carbonyl (C=O) groups is 1. The number of nitrogens with one attached hydrogen (secondary N) is 1. The molecule has 3 N–H and O–H groups in total. The summed E-state index contributed by atoms with van der Waals surface area (Å²) in [6.45, 7) is 3.38. The minimum Gasteiger partial charge on any atom is -0.370 e. The predicted octanol–water partition coefficient (Wildman–Crippen LogP) is 0.801. The summed E-state index contributed by atoms with van der Waals surface area (Å²) in [4.78, 5) is 11.2. The first kappa shape index (κ1) is 12.5. The zero-order valence-corrected chi connectivity index (χ0v) is 9.55. The number of hydrogen-bond donors (Lipinski definition) is 2. The van der Waals surface area contributed by atoms with E-state index in [1.807, 2.05) is 6.92 Å². The second-order valence-electron chi connectivity index (χ2n) is 4.41. The molecule has 0 spiro atoms. The molecule has 0 heterocycles. The van der Waals surface area contributed by atoms with E-state index < -0.39 is 0 Å². The van der Waals surface area contributed by atoms with Crippen LogP contribution in [0, 0.1) is 0 Å². The van der Waals surface area contributed by atoms with Crippen LogP contribution in [0.5, 0.6) is 0 Å². The van der Waals surface area contributed by atoms with Crippen molar-refractivity contribution in [3.63, 3.8) is 0 Å². The lowest BCUT2D eigenvalue weighted by atomic mass is 10.0. The molecule has 0 aliphatic heterocycles. The minimum atomic E-state index is -0.176. The summed E-state index contributed by atoms with van der Waals surface area (Å²) in [5.74, 6) is -0.0431. The fraction of sp³-hybridized carbons (Fsp3) is 0.909. The monoisotopic (exact) mass is 214 g/mol. The van der Waals surface area contributed by atoms with Crippen molar-refractivity contribution in [3.05, 3.63) is 0 Å². The highest BCUT2D eigenvalue weighted by Gasteiger charge is 2.29. The van der Waals surface area contributed by atoms with Gasteiger partial charge < -0.3 is 15.8 Å². The molecule has 0 unspecified atom stereocenters. The Morgan fingerprint density at radius 2 is 2.13 bits per heavy atom. The highest BCUT2D eigenvalue weighted by atomic mass is 16.5. The summed E-state index contributed by atoms with van der Waals surface area (Å²) >= 11 is 0. The Morgan fingerprint density at radius 1 is 1.47 bits per heavy atom. The molecule has 0 saturated heterocycles. The largest absolute Gasteiger partial charge is 0.370 e. The third-order valence-corrected chi connectivity index (χ3v) is 2.79. The molecule has 0 bridgehead atoms. The molecule has 1 rings (SSSR count). The molecular formula is C11H22N2O2. The van der Waals surface area contributed by atoms with E-state index in [4.69, 9.17) is 10.5 Å². The molecule has 1 fully saturated rings. The first-order chi connectivity index (χ1) is 7.16. The molecule has 0 radical (unpaired) electrons. The lowest BCUT2D eigenvalue weighted by Gasteiger charge is -2.22. The second-order valence-corrected chi connectivity index (χ2v) is 4.41. The number of ether oxygens (including phenoxy) is 1. The van der Waals surface area contributed by atoms with Crippen LogP contribution in [0.2, 0.25) is 0 Å². The van der Waals surface area contributed by atoms with Gasteiger partial charge in [-0.15, -0.1) is 0 Å². The Labute approximate surface area is 91.5 Å². The van der Waals surface area contributed by atoms with Gasteiger partial charge in [0.15, 0.2) is 0 Å². The van der Waals surface area contributed by atoms with E-state index in [9.17, 15) is 4.79 Å². The molecule has 4 nitrogen and oxygen atoms in total. The van der Waals surface area contributed by atoms with Gasteiger partial charge in [0, 0.05) is 12.1 Å². The van der Waals surface area contributed by atoms with Crippen LogP contribution in [0.3, 0.4) is 0 Å². The average Bonchev–Trinajstić information content (AvgIpc) is 2.62. The maximum Gasteiger partial charge on any atom is 0.245 e. The van der Waals surface area contributed by atoms with Gasteiger partial charge in [-0.25, -0.2) is 0 Å². The van der Waals surface area contributed by atoms with E-state index in [0.717, 1.165) is 25.8 Å². The summed E-state index contributed by atoms with van der Waals surface area (Å²) in [6, 6.07) is 0. The Hall–Kier alpha value is -0.610. The normalized spacial score (nSPS) is 19.1. The fourth-order valence-corrected chi connectivity index (χ4v) is 1.89. The van der Waals surface area contributed by atoms with Crippen molar-refractivity contribution in [1.29, 1.82) is 0 Å². The third kappa shape index (κ3) is 4.62. The van der Waals surface area contributed by atoms with E-state index in [0.29, 0.717) is 6.61 Å². The van der Waals surface area contributed by atoms with E-state index in [-0.39, 0.29) is 18.1 Å². The van der Waals surface area contributed by atoms with E-state index in [1.54, 1.807) is 0 Å². The van der Waals surface area contributed by atoms with Gasteiger partial charge in [0.1, 0.15) is 6.61 Å². The zero-order chi connectivity index (χ0) is 11.1. The summed E-state index contributed by atoms with van der Waals surface area (Å²) in [5, 5.41) is 2.77. The standard InChI is InChI=1S/C11H22N2O2/c1-2-7-13-10(14)8-15-9-11(12)5-3-4-6-11/h2-9,12H2,1H3,(H,13,14). The number of nitrogens with two attached hydrogens (primary N) is 1. The van der Waals surface area contributed by atoms with E-state index in [2.05, 4.69) is 5.32 Å². The van der Waals surface area contributed by atoms with Gasteiger partial charge in [-0.05, 0) is 19.3 Å². The predicted molar refractivity (Wildman–Crippen MR) is 59.5 cm³/mol. The molecule has 1 amide bonds. The van der Waals surface area contributed by atoms with Gasteiger partial charge in [0.05, 0.1) is 6.61 Å². The van der Waals surface area contributed by atoms with Crippen molar-refractivity contribution < 1.29 is 9.53 Å². The van der Waals surface area contributed by atoms with Crippen LogP contribution in [-0.4, -0.2) is 31.2 Å². The molecular weight excluding hydrogens is 192 g/mol. The first-order valence-electron chi connectivity index (χ1n) is 5.80. The highest BCUT2D eigenvalue weighted by molar-refractivity contribution is 5.77. The lowest BCUT2D eigenvalue weighted by Crippen LogP contribution is -2.42. The number of carbonyl (C=O) groups excluding carboxylic acids is 1. The number of amides is 1. The Bertz CT molecular complexity index is 201. The van der Waals surface area contributed by atoms with Crippen LogP contribution >= 0.6 is 0 Å². The zero-order valence-electron chi connectivity index (χ0n) is 9.55. The molecule has 0 aromatic carbocycles. The third-order valence-electron chi connectivity index (χ3n) is 2.79. The molecule has 1 aliphatic rings. The molecule has 0 aromatic rings. The summed E-state index contributed by atoms with van der Waals surface area (Å²) in [6.07, 6.45) is 5.35. The maximum atomic E-state index is 11.2. The number of hydrogen-bond acceptors (Lipinski definition) is 3. The van der Waals surface area contributed by atoms with Crippen molar-refractivity contribution in [2.24, 2.45) is 5.73 Å². The Morgan fingerprint density at radius 3 is 2.73 bits per heavy atom. The van der Waals surface area contributed by atoms with Gasteiger partial charge in [-0.3, -0.25) is 4.79 Å². The topological polar surface area (TPSA) is 64.3 Å². The van der Waals surface area contributed by atoms with Crippen molar-refractivity contribution in [2.75, 3.05) is 19.8 Å². The number of rotatable bonds is 6. The lowest BCUT2D eigenvalue weighted by molar-refractivity contribution is -0.126. The molecule has 88 valence electrons. The summed E-state index contributed by atoms with van der Waals surface area (Å²) in [7, 11) is 0. The Balaban J connectivity index is 2.07. The van der Waals surface area contributed by atoms with Crippen molar-refractivity contribution >= 4 is 5.91 Å². The van der Waals surface area contributed by atoms with Gasteiger partial charge in [0.2, 0.25) is 5.91 Å². The van der Waals surface area contributed by atoms with Gasteiger partial charge in [-0.2, -0.15) is 0 Å². The smallest absolute Gasteiger partial charge is 0.245 e. The quantitative estimate of drug-likeness (QED) is 0.687. The van der Waals surface area contributed by atoms with Crippen LogP contribution in [0.4, 0.5) is 0 Å². The molecule has 4 heteroatoms. The van der Waals surface area contributed by atoms with Crippen LogP contribution in [0.25, 0.3) is 0 Å². The molecule has 1 aliphatic carbocycles. The van der Waals surface area contributed by atoms with Crippen molar-refractivity contribution in [3.8, 4) is 0 Å². The molecule has 15 heavy (non-hydrogen) atoms. The highest BCUT2D eigenvalue weighted by Crippen LogP contribution is 2.27. The van der Waals surface area contributed by atoms with Crippen LogP contribution in [0.15, 0.2) is 0 Å². The van der Waals surface area contributed by atoms with Crippen molar-refractivity contribution in [1.82, 2.24) is 5.32 Å². The van der Waals surface area contributed by atoms with E-state index in [1.165, 1.54) is 12.8 Å². The van der Waals surface area contributed by atoms with Crippen molar-refractivity contribution in [2.45, 2.75) is 44.6 Å². The minimum absolute atomic E-state index is 0.0431. The van der Waals surface area contributed by atoms with Crippen LogP contribution < -0.4 is 11.1 Å². The average molecular weight is 214 g/mol. The molecule has 0 aromatic heterocycles. The Kier molecular flexibility index (Phi) is 5.05. The SMILES string of the molecule is CCCNC(=O)COCC1(N)CCCC1. The molecule has 0 atom stereocenters.